The molecule has 2 atom stereocenters. The molecule has 6 rings (SSSR count). The lowest BCUT2D eigenvalue weighted by atomic mass is 9.96. The fourth-order valence-electron chi connectivity index (χ4n) is 5.45. The van der Waals surface area contributed by atoms with E-state index in [2.05, 4.69) is 24.0 Å². The highest BCUT2D eigenvalue weighted by molar-refractivity contribution is 8.00. The highest BCUT2D eigenvalue weighted by Crippen LogP contribution is 2.38. The number of benzene rings is 1. The van der Waals surface area contributed by atoms with Gasteiger partial charge in [0.25, 0.3) is 5.56 Å². The molecule has 0 saturated carbocycles. The van der Waals surface area contributed by atoms with Crippen molar-refractivity contribution >= 4 is 45.0 Å². The molecule has 10 heteroatoms. The first-order valence-electron chi connectivity index (χ1n) is 13.4. The Morgan fingerprint density at radius 2 is 1.84 bits per heavy atom. The number of hydrogen-bond acceptors (Lipinski definition) is 7. The number of nitrogens with zero attached hydrogens (tertiary/aromatic N) is 5. The summed E-state index contributed by atoms with van der Waals surface area (Å²) in [6, 6.07) is 7.90. The van der Waals surface area contributed by atoms with Gasteiger partial charge in [-0.05, 0) is 56.7 Å². The molecule has 2 aliphatic heterocycles. The molecule has 1 fully saturated rings. The Hall–Kier alpha value is -2.69. The molecule has 1 amide bonds. The van der Waals surface area contributed by atoms with Crippen LogP contribution in [-0.4, -0.2) is 54.4 Å². The summed E-state index contributed by atoms with van der Waals surface area (Å²) in [6.45, 7) is 10.4. The summed E-state index contributed by atoms with van der Waals surface area (Å²) in [5.74, 6) is 0.948. The van der Waals surface area contributed by atoms with Crippen LogP contribution in [0.4, 0.5) is 0 Å². The Labute approximate surface area is 230 Å². The summed E-state index contributed by atoms with van der Waals surface area (Å²) in [6.07, 6.45) is 4.07. The third kappa shape index (κ3) is 4.36. The topological polar surface area (TPSA) is 81.7 Å². The Morgan fingerprint density at radius 1 is 1.11 bits per heavy atom. The second kappa shape index (κ2) is 10.1. The molecular weight excluding hydrogens is 518 g/mol. The molecule has 38 heavy (non-hydrogen) atoms. The van der Waals surface area contributed by atoms with Gasteiger partial charge in [-0.25, -0.2) is 8.97 Å². The number of aromatic nitrogens is 4. The quantitative estimate of drug-likeness (QED) is 0.325. The first-order chi connectivity index (χ1) is 18.3. The van der Waals surface area contributed by atoms with E-state index in [1.165, 1.54) is 18.2 Å². The molecule has 4 aromatic rings. The van der Waals surface area contributed by atoms with E-state index in [1.54, 1.807) is 15.9 Å². The molecule has 1 saturated heterocycles. The zero-order valence-electron chi connectivity index (χ0n) is 22.3. The van der Waals surface area contributed by atoms with E-state index in [4.69, 9.17) is 4.74 Å². The highest BCUT2D eigenvalue weighted by Gasteiger charge is 2.31. The van der Waals surface area contributed by atoms with E-state index in [9.17, 15) is 9.59 Å². The van der Waals surface area contributed by atoms with E-state index in [0.717, 1.165) is 52.5 Å². The smallest absolute Gasteiger partial charge is 0.268 e. The summed E-state index contributed by atoms with van der Waals surface area (Å²) in [5.41, 5.74) is 2.86. The van der Waals surface area contributed by atoms with Crippen LogP contribution in [0.25, 0.3) is 21.7 Å². The van der Waals surface area contributed by atoms with Gasteiger partial charge in [0, 0.05) is 24.4 Å². The molecule has 3 aromatic heterocycles. The minimum atomic E-state index is -0.307. The molecule has 0 radical (unpaired) electrons. The van der Waals surface area contributed by atoms with Crippen molar-refractivity contribution in [1.82, 2.24) is 24.1 Å². The largest absolute Gasteiger partial charge is 0.372 e. The van der Waals surface area contributed by atoms with E-state index >= 15 is 0 Å². The second-order valence-electron chi connectivity index (χ2n) is 10.7. The fourth-order valence-corrected chi connectivity index (χ4v) is 7.68. The lowest BCUT2D eigenvalue weighted by Gasteiger charge is -2.28. The van der Waals surface area contributed by atoms with E-state index < -0.39 is 0 Å². The predicted octanol–water partition coefficient (Wildman–Crippen LogP) is 4.99. The SMILES string of the molecule is Cc1ccc(-n2c(=O)c3c4c(sc3n3c(SC(C)C(=O)N5CCCCC5)nnc23)COC(C(C)C)C4)cc1. The Kier molecular flexibility index (Phi) is 6.82. The summed E-state index contributed by atoms with van der Waals surface area (Å²) in [5, 5.41) is 10.1. The third-order valence-corrected chi connectivity index (χ3v) is 9.90. The number of aryl methyl sites for hydroxylation is 1. The van der Waals surface area contributed by atoms with E-state index in [1.807, 2.05) is 47.4 Å². The third-order valence-electron chi connectivity index (χ3n) is 7.68. The zero-order valence-corrected chi connectivity index (χ0v) is 23.9. The lowest BCUT2D eigenvalue weighted by Crippen LogP contribution is -2.40. The zero-order chi connectivity index (χ0) is 26.6. The number of ether oxygens (including phenoxy) is 1. The summed E-state index contributed by atoms with van der Waals surface area (Å²) >= 11 is 3.00. The number of hydrogen-bond donors (Lipinski definition) is 0. The minimum absolute atomic E-state index is 0.0696. The summed E-state index contributed by atoms with van der Waals surface area (Å²) in [7, 11) is 0. The van der Waals surface area contributed by atoms with Crippen LogP contribution in [-0.2, 0) is 22.6 Å². The van der Waals surface area contributed by atoms with Crippen LogP contribution in [0.2, 0.25) is 0 Å². The molecule has 0 aliphatic carbocycles. The normalized spacial score (nSPS) is 18.9. The van der Waals surface area contributed by atoms with Crippen LogP contribution >= 0.6 is 23.1 Å². The molecule has 200 valence electrons. The van der Waals surface area contributed by atoms with Gasteiger partial charge in [-0.3, -0.25) is 9.59 Å². The fraction of sp³-hybridized carbons (Fsp3) is 0.500. The average molecular weight is 552 g/mol. The van der Waals surface area contributed by atoms with Crippen LogP contribution in [0.5, 0.6) is 0 Å². The molecule has 0 spiro atoms. The second-order valence-corrected chi connectivity index (χ2v) is 13.1. The number of amides is 1. The van der Waals surface area contributed by atoms with Crippen molar-refractivity contribution in [2.45, 2.75) is 76.5 Å². The van der Waals surface area contributed by atoms with Gasteiger partial charge in [0.1, 0.15) is 4.83 Å². The van der Waals surface area contributed by atoms with Gasteiger partial charge in [-0.2, -0.15) is 0 Å². The van der Waals surface area contributed by atoms with Gasteiger partial charge in [0.05, 0.1) is 29.0 Å². The molecule has 1 aromatic carbocycles. The summed E-state index contributed by atoms with van der Waals surface area (Å²) in [4.78, 5) is 31.3. The Balaban J connectivity index is 1.52. The monoisotopic (exact) mass is 551 g/mol. The van der Waals surface area contributed by atoms with Gasteiger partial charge < -0.3 is 9.64 Å². The van der Waals surface area contributed by atoms with E-state index in [0.29, 0.717) is 35.3 Å². The number of rotatable bonds is 5. The van der Waals surface area contributed by atoms with Crippen molar-refractivity contribution in [3.8, 4) is 5.69 Å². The first kappa shape index (κ1) is 25.6. The van der Waals surface area contributed by atoms with Crippen LogP contribution in [0.15, 0.2) is 34.2 Å². The van der Waals surface area contributed by atoms with Gasteiger partial charge in [-0.1, -0.05) is 43.3 Å². The highest BCUT2D eigenvalue weighted by atomic mass is 32.2. The van der Waals surface area contributed by atoms with Crippen LogP contribution in [0, 0.1) is 12.8 Å². The maximum Gasteiger partial charge on any atom is 0.268 e. The van der Waals surface area contributed by atoms with Gasteiger partial charge >= 0.3 is 0 Å². The van der Waals surface area contributed by atoms with Crippen molar-refractivity contribution in [2.75, 3.05) is 13.1 Å². The molecule has 2 aliphatic rings. The van der Waals surface area contributed by atoms with Crippen molar-refractivity contribution in [2.24, 2.45) is 5.92 Å². The van der Waals surface area contributed by atoms with Crippen molar-refractivity contribution in [3.63, 3.8) is 0 Å². The number of fused-ring (bicyclic) bond motifs is 5. The molecule has 0 N–H and O–H groups in total. The van der Waals surface area contributed by atoms with Crippen LogP contribution < -0.4 is 5.56 Å². The maximum atomic E-state index is 14.2. The molecule has 8 nitrogen and oxygen atoms in total. The molecule has 0 bridgehead atoms. The van der Waals surface area contributed by atoms with Crippen LogP contribution in [0.3, 0.4) is 0 Å². The maximum absolute atomic E-state index is 14.2. The predicted molar refractivity (Wildman–Crippen MR) is 152 cm³/mol. The van der Waals surface area contributed by atoms with Crippen molar-refractivity contribution in [3.05, 3.63) is 50.6 Å². The number of thiophene rings is 1. The van der Waals surface area contributed by atoms with E-state index in [-0.39, 0.29) is 22.8 Å². The Bertz CT molecular complexity index is 1560. The standard InChI is InChI=1S/C28H33N5O3S2/c1-16(2)21-14-20-22(15-36-21)38-26-23(20)25(35)32(19-10-8-17(3)9-11-19)27-29-30-28(33(26)27)37-18(4)24(34)31-12-6-5-7-13-31/h8-11,16,18,21H,5-7,12-15H2,1-4H3. The Morgan fingerprint density at radius 3 is 2.55 bits per heavy atom. The lowest BCUT2D eigenvalue weighted by molar-refractivity contribution is -0.131. The van der Waals surface area contributed by atoms with Gasteiger partial charge in [-0.15, -0.1) is 21.5 Å². The first-order valence-corrected chi connectivity index (χ1v) is 15.1. The minimum Gasteiger partial charge on any atom is -0.372 e. The van der Waals surface area contributed by atoms with Crippen molar-refractivity contribution in [1.29, 1.82) is 0 Å². The number of carbonyl (C=O) groups is 1. The number of likely N-dealkylation sites (tertiary alicyclic amines) is 1. The van der Waals surface area contributed by atoms with Gasteiger partial charge in [0.2, 0.25) is 11.7 Å². The summed E-state index contributed by atoms with van der Waals surface area (Å²) < 4.78 is 9.81. The average Bonchev–Trinajstić information content (AvgIpc) is 3.51. The molecule has 2 unspecified atom stereocenters. The number of thioether (sulfide) groups is 1. The van der Waals surface area contributed by atoms with Gasteiger partial charge in [0.15, 0.2) is 5.16 Å². The molecule has 5 heterocycles. The van der Waals surface area contributed by atoms with Crippen molar-refractivity contribution < 1.29 is 9.53 Å². The van der Waals surface area contributed by atoms with Crippen LogP contribution in [0.1, 0.15) is 56.0 Å². The number of carbonyl (C=O) groups excluding carboxylic acids is 1. The number of piperidine rings is 1. The molecular formula is C28H33N5O3S2.